The summed E-state index contributed by atoms with van der Waals surface area (Å²) in [6.45, 7) is 1.28. The van der Waals surface area contributed by atoms with E-state index in [1.54, 1.807) is 11.0 Å². The van der Waals surface area contributed by atoms with Crippen molar-refractivity contribution in [3.63, 3.8) is 0 Å². The minimum Gasteiger partial charge on any atom is -0.361 e. The number of hydrogen-bond acceptors (Lipinski definition) is 4. The second-order valence-corrected chi connectivity index (χ2v) is 6.79. The van der Waals surface area contributed by atoms with E-state index >= 15 is 0 Å². The number of carbonyl (C=O) groups is 2. The van der Waals surface area contributed by atoms with Gasteiger partial charge in [-0.25, -0.2) is 8.78 Å². The zero-order valence-electron chi connectivity index (χ0n) is 15.0. The molecule has 2 heterocycles. The lowest BCUT2D eigenvalue weighted by molar-refractivity contribution is -0.133. The molecule has 144 valence electrons. The number of benzene rings is 1. The van der Waals surface area contributed by atoms with Crippen molar-refractivity contribution in [1.82, 2.24) is 15.4 Å². The maximum atomic E-state index is 12.7. The van der Waals surface area contributed by atoms with Crippen LogP contribution in [-0.4, -0.2) is 47.9 Å². The van der Waals surface area contributed by atoms with Crippen molar-refractivity contribution in [1.29, 1.82) is 0 Å². The molecule has 1 fully saturated rings. The number of hydrogen-bond donors (Lipinski definition) is 1. The van der Waals surface area contributed by atoms with Crippen LogP contribution in [-0.2, 0) is 16.0 Å². The Morgan fingerprint density at radius 3 is 2.70 bits per heavy atom. The average molecular weight is 377 g/mol. The van der Waals surface area contributed by atoms with Gasteiger partial charge in [-0.15, -0.1) is 0 Å². The Bertz CT molecular complexity index is 810. The second-order valence-electron chi connectivity index (χ2n) is 6.79. The molecule has 1 aromatic carbocycles. The van der Waals surface area contributed by atoms with E-state index in [9.17, 15) is 18.4 Å². The zero-order valence-corrected chi connectivity index (χ0v) is 15.0. The van der Waals surface area contributed by atoms with Crippen molar-refractivity contribution < 1.29 is 22.9 Å². The lowest BCUT2D eigenvalue weighted by Gasteiger charge is -2.27. The molecule has 1 atom stereocenters. The van der Waals surface area contributed by atoms with E-state index in [0.717, 1.165) is 5.56 Å². The SMILES string of the molecule is CC(=O)N1CC[C@@](Cc2cc(-c3ccccc3)no2)(C(=O)NCC(F)F)C1. The van der Waals surface area contributed by atoms with Crippen molar-refractivity contribution in [2.45, 2.75) is 26.2 Å². The Morgan fingerprint density at radius 1 is 1.33 bits per heavy atom. The number of carbonyl (C=O) groups excluding carboxylic acids is 2. The van der Waals surface area contributed by atoms with Crippen LogP contribution in [0.2, 0.25) is 0 Å². The standard InChI is InChI=1S/C19H21F2N3O3/c1-13(25)24-8-7-19(12-24,18(26)22-11-17(20)21)10-15-9-16(23-27-15)14-5-3-2-4-6-14/h2-6,9,17H,7-8,10-12H2,1H3,(H,22,26)/t19-/m0/s1. The lowest BCUT2D eigenvalue weighted by Crippen LogP contribution is -2.46. The molecule has 1 saturated heterocycles. The number of nitrogens with one attached hydrogen (secondary N) is 1. The van der Waals surface area contributed by atoms with Crippen molar-refractivity contribution in [3.8, 4) is 11.3 Å². The fourth-order valence-corrected chi connectivity index (χ4v) is 3.38. The van der Waals surface area contributed by atoms with Crippen LogP contribution in [0.25, 0.3) is 11.3 Å². The number of alkyl halides is 2. The number of halogens is 2. The summed E-state index contributed by atoms with van der Waals surface area (Å²) in [5, 5.41) is 6.33. The lowest BCUT2D eigenvalue weighted by atomic mass is 9.81. The van der Waals surface area contributed by atoms with Gasteiger partial charge in [0, 0.05) is 38.1 Å². The molecular weight excluding hydrogens is 356 g/mol. The third-order valence-corrected chi connectivity index (χ3v) is 4.84. The van der Waals surface area contributed by atoms with E-state index in [2.05, 4.69) is 10.5 Å². The Hall–Kier alpha value is -2.77. The number of aromatic nitrogens is 1. The monoisotopic (exact) mass is 377 g/mol. The molecule has 1 aliphatic heterocycles. The molecular formula is C19H21F2N3O3. The molecule has 3 rings (SSSR count). The Morgan fingerprint density at radius 2 is 2.07 bits per heavy atom. The Kier molecular flexibility index (Phi) is 5.53. The molecule has 0 saturated carbocycles. The summed E-state index contributed by atoms with van der Waals surface area (Å²) in [5.41, 5.74) is 0.504. The summed E-state index contributed by atoms with van der Waals surface area (Å²) < 4.78 is 30.4. The van der Waals surface area contributed by atoms with Gasteiger partial charge in [0.05, 0.1) is 12.0 Å². The molecule has 6 nitrogen and oxygen atoms in total. The van der Waals surface area contributed by atoms with Crippen molar-refractivity contribution in [2.75, 3.05) is 19.6 Å². The number of rotatable bonds is 6. The van der Waals surface area contributed by atoms with Crippen LogP contribution in [0.3, 0.4) is 0 Å². The second kappa shape index (κ2) is 7.85. The highest BCUT2D eigenvalue weighted by atomic mass is 19.3. The summed E-state index contributed by atoms with van der Waals surface area (Å²) in [6, 6.07) is 11.2. The van der Waals surface area contributed by atoms with Crippen LogP contribution >= 0.6 is 0 Å². The van der Waals surface area contributed by atoms with E-state index in [4.69, 9.17) is 4.52 Å². The zero-order chi connectivity index (χ0) is 19.4. The van der Waals surface area contributed by atoms with Gasteiger partial charge in [0.15, 0.2) is 0 Å². The highest BCUT2D eigenvalue weighted by Crippen LogP contribution is 2.35. The van der Waals surface area contributed by atoms with Gasteiger partial charge >= 0.3 is 0 Å². The van der Waals surface area contributed by atoms with E-state index in [1.807, 2.05) is 30.3 Å². The topological polar surface area (TPSA) is 75.4 Å². The number of amides is 2. The molecule has 1 N–H and O–H groups in total. The third-order valence-electron chi connectivity index (χ3n) is 4.84. The minimum absolute atomic E-state index is 0.152. The predicted octanol–water partition coefficient (Wildman–Crippen LogP) is 2.50. The van der Waals surface area contributed by atoms with Crippen LogP contribution in [0, 0.1) is 5.41 Å². The fraction of sp³-hybridized carbons (Fsp3) is 0.421. The Balaban J connectivity index is 1.81. The molecule has 0 aliphatic carbocycles. The first-order valence-corrected chi connectivity index (χ1v) is 8.73. The molecule has 0 unspecified atom stereocenters. The maximum Gasteiger partial charge on any atom is 0.255 e. The van der Waals surface area contributed by atoms with Gasteiger partial charge < -0.3 is 14.7 Å². The molecule has 2 amide bonds. The normalized spacial score (nSPS) is 19.5. The molecule has 1 aromatic heterocycles. The average Bonchev–Trinajstić information content (AvgIpc) is 3.29. The van der Waals surface area contributed by atoms with E-state index in [1.165, 1.54) is 6.92 Å². The number of likely N-dealkylation sites (tertiary alicyclic amines) is 1. The van der Waals surface area contributed by atoms with Gasteiger partial charge in [-0.2, -0.15) is 0 Å². The van der Waals surface area contributed by atoms with Gasteiger partial charge in [-0.1, -0.05) is 35.5 Å². The predicted molar refractivity (Wildman–Crippen MR) is 94.0 cm³/mol. The highest BCUT2D eigenvalue weighted by Gasteiger charge is 2.46. The molecule has 0 radical (unpaired) electrons. The largest absolute Gasteiger partial charge is 0.361 e. The van der Waals surface area contributed by atoms with Crippen LogP contribution < -0.4 is 5.32 Å². The van der Waals surface area contributed by atoms with E-state index in [-0.39, 0.29) is 18.9 Å². The summed E-state index contributed by atoms with van der Waals surface area (Å²) >= 11 is 0. The van der Waals surface area contributed by atoms with Crippen LogP contribution in [0.1, 0.15) is 19.1 Å². The first-order valence-electron chi connectivity index (χ1n) is 8.73. The van der Waals surface area contributed by atoms with E-state index in [0.29, 0.717) is 24.4 Å². The molecule has 27 heavy (non-hydrogen) atoms. The summed E-state index contributed by atoms with van der Waals surface area (Å²) in [4.78, 5) is 25.9. The first-order chi connectivity index (χ1) is 12.9. The molecule has 2 aromatic rings. The highest BCUT2D eigenvalue weighted by molar-refractivity contribution is 5.85. The van der Waals surface area contributed by atoms with Crippen LogP contribution in [0.15, 0.2) is 40.9 Å². The van der Waals surface area contributed by atoms with Gasteiger partial charge in [-0.05, 0) is 6.42 Å². The summed E-state index contributed by atoms with van der Waals surface area (Å²) in [6.07, 6.45) is -2.07. The van der Waals surface area contributed by atoms with Crippen LogP contribution in [0.5, 0.6) is 0 Å². The van der Waals surface area contributed by atoms with Crippen molar-refractivity contribution in [3.05, 3.63) is 42.2 Å². The maximum absolute atomic E-state index is 12.7. The molecule has 0 spiro atoms. The summed E-state index contributed by atoms with van der Waals surface area (Å²) in [7, 11) is 0. The first kappa shape index (κ1) is 19.0. The number of nitrogens with zero attached hydrogens (tertiary/aromatic N) is 2. The third kappa shape index (κ3) is 4.32. The van der Waals surface area contributed by atoms with Gasteiger partial charge in [0.1, 0.15) is 11.5 Å². The van der Waals surface area contributed by atoms with Gasteiger partial charge in [0.2, 0.25) is 11.8 Å². The van der Waals surface area contributed by atoms with Gasteiger partial charge in [-0.3, -0.25) is 9.59 Å². The van der Waals surface area contributed by atoms with Crippen molar-refractivity contribution >= 4 is 11.8 Å². The summed E-state index contributed by atoms with van der Waals surface area (Å²) in [5.74, 6) is -0.170. The molecule has 1 aliphatic rings. The quantitative estimate of drug-likeness (QED) is 0.839. The van der Waals surface area contributed by atoms with Crippen molar-refractivity contribution in [2.24, 2.45) is 5.41 Å². The minimum atomic E-state index is -2.63. The van der Waals surface area contributed by atoms with Gasteiger partial charge in [0.25, 0.3) is 6.43 Å². The smallest absolute Gasteiger partial charge is 0.255 e. The molecule has 8 heteroatoms. The van der Waals surface area contributed by atoms with E-state index < -0.39 is 24.3 Å². The fourth-order valence-electron chi connectivity index (χ4n) is 3.38. The Labute approximate surface area is 155 Å². The van der Waals surface area contributed by atoms with Crippen LogP contribution in [0.4, 0.5) is 8.78 Å². The molecule has 0 bridgehead atoms.